The Hall–Kier alpha value is -0.900. The van der Waals surface area contributed by atoms with E-state index in [1.54, 1.807) is 0 Å². The normalized spacial score (nSPS) is 16.3. The summed E-state index contributed by atoms with van der Waals surface area (Å²) in [5, 5.41) is 0. The Morgan fingerprint density at radius 1 is 1.05 bits per heavy atom. The number of likely N-dealkylation sites (tertiary alicyclic amines) is 1. The van der Waals surface area contributed by atoms with Crippen molar-refractivity contribution < 1.29 is 0 Å². The first-order valence-electron chi connectivity index (χ1n) is 7.57. The standard InChI is InChI=1S/C16H27N3/c17-9-14-19(15-16-7-2-1-3-8-16)13-6-12-18-10-4-5-11-18/h1-3,7-8H,4-6,9-15,17H2. The molecule has 0 unspecified atom stereocenters. The first-order chi connectivity index (χ1) is 9.38. The molecule has 1 saturated heterocycles. The van der Waals surface area contributed by atoms with Crippen LogP contribution in [0.25, 0.3) is 0 Å². The average Bonchev–Trinajstić information content (AvgIpc) is 2.93. The summed E-state index contributed by atoms with van der Waals surface area (Å²) in [4.78, 5) is 5.06. The van der Waals surface area contributed by atoms with Crippen LogP contribution in [0.5, 0.6) is 0 Å². The molecule has 2 rings (SSSR count). The minimum Gasteiger partial charge on any atom is -0.329 e. The zero-order valence-corrected chi connectivity index (χ0v) is 11.9. The van der Waals surface area contributed by atoms with Gasteiger partial charge in [-0.05, 0) is 51.0 Å². The van der Waals surface area contributed by atoms with E-state index in [0.717, 1.165) is 26.2 Å². The molecule has 1 heterocycles. The van der Waals surface area contributed by atoms with Gasteiger partial charge < -0.3 is 10.6 Å². The number of nitrogens with zero attached hydrogens (tertiary/aromatic N) is 2. The van der Waals surface area contributed by atoms with Crippen LogP contribution in [0.15, 0.2) is 30.3 Å². The fourth-order valence-electron chi connectivity index (χ4n) is 2.82. The molecule has 0 bridgehead atoms. The molecule has 0 saturated carbocycles. The molecule has 1 aromatic rings. The van der Waals surface area contributed by atoms with Gasteiger partial charge in [0.15, 0.2) is 0 Å². The molecule has 1 fully saturated rings. The lowest BCUT2D eigenvalue weighted by molar-refractivity contribution is 0.243. The third-order valence-corrected chi connectivity index (χ3v) is 3.84. The summed E-state index contributed by atoms with van der Waals surface area (Å²) in [6.07, 6.45) is 4.03. The summed E-state index contributed by atoms with van der Waals surface area (Å²) in [5.41, 5.74) is 7.11. The van der Waals surface area contributed by atoms with Crippen molar-refractivity contribution in [2.45, 2.75) is 25.8 Å². The van der Waals surface area contributed by atoms with E-state index in [0.29, 0.717) is 0 Å². The second kappa shape index (κ2) is 8.31. The van der Waals surface area contributed by atoms with Crippen LogP contribution in [-0.2, 0) is 6.54 Å². The molecule has 0 atom stereocenters. The van der Waals surface area contributed by atoms with Crippen molar-refractivity contribution in [3.8, 4) is 0 Å². The molecule has 19 heavy (non-hydrogen) atoms. The Labute approximate surface area is 117 Å². The SMILES string of the molecule is NCCN(CCCN1CCCC1)Cc1ccccc1. The minimum atomic E-state index is 0.747. The fourth-order valence-corrected chi connectivity index (χ4v) is 2.82. The van der Waals surface area contributed by atoms with E-state index in [1.807, 2.05) is 0 Å². The lowest BCUT2D eigenvalue weighted by atomic mass is 10.2. The maximum Gasteiger partial charge on any atom is 0.0234 e. The predicted molar refractivity (Wildman–Crippen MR) is 81.1 cm³/mol. The smallest absolute Gasteiger partial charge is 0.0234 e. The van der Waals surface area contributed by atoms with Crippen molar-refractivity contribution in [2.75, 3.05) is 39.3 Å². The Kier molecular flexibility index (Phi) is 6.34. The zero-order valence-electron chi connectivity index (χ0n) is 11.9. The molecule has 1 aromatic carbocycles. The van der Waals surface area contributed by atoms with Crippen LogP contribution in [0, 0.1) is 0 Å². The van der Waals surface area contributed by atoms with Crippen LogP contribution in [0.3, 0.4) is 0 Å². The Morgan fingerprint density at radius 2 is 1.79 bits per heavy atom. The zero-order chi connectivity index (χ0) is 13.3. The van der Waals surface area contributed by atoms with Crippen molar-refractivity contribution in [3.05, 3.63) is 35.9 Å². The molecule has 2 N–H and O–H groups in total. The Morgan fingerprint density at radius 3 is 2.47 bits per heavy atom. The molecule has 106 valence electrons. The maximum atomic E-state index is 5.72. The summed E-state index contributed by atoms with van der Waals surface area (Å²) in [7, 11) is 0. The molecule has 0 spiro atoms. The number of rotatable bonds is 8. The van der Waals surface area contributed by atoms with Crippen LogP contribution in [-0.4, -0.2) is 49.1 Å². The summed E-state index contributed by atoms with van der Waals surface area (Å²) in [5.74, 6) is 0. The van der Waals surface area contributed by atoms with E-state index in [4.69, 9.17) is 5.73 Å². The van der Waals surface area contributed by atoms with Gasteiger partial charge in [0.05, 0.1) is 0 Å². The summed E-state index contributed by atoms with van der Waals surface area (Å²) in [6, 6.07) is 10.7. The quantitative estimate of drug-likeness (QED) is 0.776. The Bertz CT molecular complexity index is 333. The molecule has 3 nitrogen and oxygen atoms in total. The van der Waals surface area contributed by atoms with Gasteiger partial charge in [-0.3, -0.25) is 4.90 Å². The number of hydrogen-bond acceptors (Lipinski definition) is 3. The highest BCUT2D eigenvalue weighted by atomic mass is 15.2. The van der Waals surface area contributed by atoms with E-state index >= 15 is 0 Å². The predicted octanol–water partition coefficient (Wildman–Crippen LogP) is 1.93. The number of nitrogens with two attached hydrogens (primary N) is 1. The van der Waals surface area contributed by atoms with Gasteiger partial charge in [0.25, 0.3) is 0 Å². The highest BCUT2D eigenvalue weighted by molar-refractivity contribution is 5.14. The Balaban J connectivity index is 1.72. The monoisotopic (exact) mass is 261 g/mol. The first-order valence-corrected chi connectivity index (χ1v) is 7.57. The van der Waals surface area contributed by atoms with E-state index in [9.17, 15) is 0 Å². The van der Waals surface area contributed by atoms with Gasteiger partial charge in [-0.15, -0.1) is 0 Å². The molecule has 0 radical (unpaired) electrons. The van der Waals surface area contributed by atoms with Crippen molar-refractivity contribution in [2.24, 2.45) is 5.73 Å². The molecular weight excluding hydrogens is 234 g/mol. The highest BCUT2D eigenvalue weighted by Gasteiger charge is 2.11. The fraction of sp³-hybridized carbons (Fsp3) is 0.625. The first kappa shape index (κ1) is 14.5. The lowest BCUT2D eigenvalue weighted by Crippen LogP contribution is -2.32. The number of hydrogen-bond donors (Lipinski definition) is 1. The van der Waals surface area contributed by atoms with Gasteiger partial charge in [-0.2, -0.15) is 0 Å². The van der Waals surface area contributed by atoms with Gasteiger partial charge >= 0.3 is 0 Å². The van der Waals surface area contributed by atoms with Gasteiger partial charge in [-0.25, -0.2) is 0 Å². The molecule has 3 heteroatoms. The van der Waals surface area contributed by atoms with Crippen molar-refractivity contribution in [1.29, 1.82) is 0 Å². The van der Waals surface area contributed by atoms with Crippen LogP contribution in [0.1, 0.15) is 24.8 Å². The van der Waals surface area contributed by atoms with E-state index in [1.165, 1.54) is 44.5 Å². The highest BCUT2D eigenvalue weighted by Crippen LogP contribution is 2.09. The number of benzene rings is 1. The summed E-state index contributed by atoms with van der Waals surface area (Å²) < 4.78 is 0. The molecule has 1 aliphatic rings. The van der Waals surface area contributed by atoms with Gasteiger partial charge in [-0.1, -0.05) is 30.3 Å². The van der Waals surface area contributed by atoms with Crippen LogP contribution in [0.4, 0.5) is 0 Å². The second-order valence-corrected chi connectivity index (χ2v) is 5.45. The van der Waals surface area contributed by atoms with E-state index < -0.39 is 0 Å². The second-order valence-electron chi connectivity index (χ2n) is 5.45. The van der Waals surface area contributed by atoms with Crippen molar-refractivity contribution >= 4 is 0 Å². The molecule has 1 aliphatic heterocycles. The van der Waals surface area contributed by atoms with Crippen LogP contribution < -0.4 is 5.73 Å². The average molecular weight is 261 g/mol. The minimum absolute atomic E-state index is 0.747. The molecule has 0 aromatic heterocycles. The van der Waals surface area contributed by atoms with Gasteiger partial charge in [0, 0.05) is 19.6 Å². The topological polar surface area (TPSA) is 32.5 Å². The molecular formula is C16H27N3. The summed E-state index contributed by atoms with van der Waals surface area (Å²) >= 11 is 0. The third-order valence-electron chi connectivity index (χ3n) is 3.84. The summed E-state index contributed by atoms with van der Waals surface area (Å²) in [6.45, 7) is 7.77. The van der Waals surface area contributed by atoms with Crippen LogP contribution >= 0.6 is 0 Å². The van der Waals surface area contributed by atoms with Gasteiger partial charge in [0.1, 0.15) is 0 Å². The maximum absolute atomic E-state index is 5.72. The molecule has 0 amide bonds. The van der Waals surface area contributed by atoms with Gasteiger partial charge in [0.2, 0.25) is 0 Å². The van der Waals surface area contributed by atoms with Crippen molar-refractivity contribution in [3.63, 3.8) is 0 Å². The van der Waals surface area contributed by atoms with E-state index in [-0.39, 0.29) is 0 Å². The van der Waals surface area contributed by atoms with E-state index in [2.05, 4.69) is 40.1 Å². The largest absolute Gasteiger partial charge is 0.329 e. The lowest BCUT2D eigenvalue weighted by Gasteiger charge is -2.23. The van der Waals surface area contributed by atoms with Crippen molar-refractivity contribution in [1.82, 2.24) is 9.80 Å². The molecule has 0 aliphatic carbocycles. The third kappa shape index (κ3) is 5.31. The van der Waals surface area contributed by atoms with Crippen LogP contribution in [0.2, 0.25) is 0 Å².